The van der Waals surface area contributed by atoms with Gasteiger partial charge in [-0.2, -0.15) is 4.39 Å². The van der Waals surface area contributed by atoms with Crippen LogP contribution in [0.2, 0.25) is 0 Å². The molecule has 1 aliphatic heterocycles. The van der Waals surface area contributed by atoms with Crippen molar-refractivity contribution in [2.45, 2.75) is 18.8 Å². The molecule has 1 aromatic rings. The molecule has 0 bridgehead atoms. The Morgan fingerprint density at radius 3 is 2.76 bits per heavy atom. The Balaban J connectivity index is 2.40. The first kappa shape index (κ1) is 12.8. The maximum absolute atomic E-state index is 13.9. The van der Waals surface area contributed by atoms with Gasteiger partial charge in [0, 0.05) is 6.54 Å². The van der Waals surface area contributed by atoms with Crippen molar-refractivity contribution in [2.24, 2.45) is 0 Å². The van der Waals surface area contributed by atoms with E-state index in [1.165, 1.54) is 7.11 Å². The average Bonchev–Trinajstić information content (AvgIpc) is 2.35. The van der Waals surface area contributed by atoms with Gasteiger partial charge in [-0.1, -0.05) is 0 Å². The zero-order valence-corrected chi connectivity index (χ0v) is 11.1. The van der Waals surface area contributed by atoms with Crippen LogP contribution in [0.25, 0.3) is 0 Å². The van der Waals surface area contributed by atoms with Gasteiger partial charge in [-0.15, -0.1) is 0 Å². The Morgan fingerprint density at radius 2 is 2.18 bits per heavy atom. The molecule has 1 atom stereocenters. The van der Waals surface area contributed by atoms with Gasteiger partial charge in [0.2, 0.25) is 5.82 Å². The molecule has 1 unspecified atom stereocenters. The summed E-state index contributed by atoms with van der Waals surface area (Å²) in [5.74, 6) is -1.75. The molecule has 2 rings (SSSR count). The Bertz CT molecular complexity index is 419. The van der Waals surface area contributed by atoms with Gasteiger partial charge >= 0.3 is 0 Å². The normalized spacial score (nSPS) is 20.4. The van der Waals surface area contributed by atoms with E-state index in [1.807, 2.05) is 0 Å². The van der Waals surface area contributed by atoms with E-state index in [9.17, 15) is 8.78 Å². The summed E-state index contributed by atoms with van der Waals surface area (Å²) in [6, 6.07) is 1.62. The molecule has 1 N–H and O–H groups in total. The van der Waals surface area contributed by atoms with E-state index < -0.39 is 11.6 Å². The molecule has 0 amide bonds. The first-order chi connectivity index (χ1) is 8.15. The van der Waals surface area contributed by atoms with Crippen LogP contribution in [0, 0.1) is 11.6 Å². The second-order valence-electron chi connectivity index (χ2n) is 4.15. The van der Waals surface area contributed by atoms with E-state index in [0.29, 0.717) is 16.6 Å². The SMILES string of the molecule is COc1c(Br)cc(C2CCCNC2)c(F)c1F. The van der Waals surface area contributed by atoms with E-state index in [-0.39, 0.29) is 11.7 Å². The molecule has 0 radical (unpaired) electrons. The van der Waals surface area contributed by atoms with Crippen molar-refractivity contribution in [1.82, 2.24) is 5.32 Å². The predicted molar refractivity (Wildman–Crippen MR) is 65.5 cm³/mol. The van der Waals surface area contributed by atoms with Crippen molar-refractivity contribution in [1.29, 1.82) is 0 Å². The zero-order chi connectivity index (χ0) is 12.4. The highest BCUT2D eigenvalue weighted by atomic mass is 79.9. The Hall–Kier alpha value is -0.680. The standard InChI is InChI=1S/C12H14BrF2NO/c1-17-12-9(13)5-8(10(14)11(12)15)7-3-2-4-16-6-7/h5,7,16H,2-4,6H2,1H3. The summed E-state index contributed by atoms with van der Waals surface area (Å²) in [6.07, 6.45) is 1.86. The van der Waals surface area contributed by atoms with E-state index in [2.05, 4.69) is 21.2 Å². The Labute approximate surface area is 107 Å². The minimum atomic E-state index is -0.914. The van der Waals surface area contributed by atoms with Crippen molar-refractivity contribution in [3.05, 3.63) is 27.7 Å². The van der Waals surface area contributed by atoms with Crippen LogP contribution in [0.5, 0.6) is 5.75 Å². The molecule has 1 heterocycles. The van der Waals surface area contributed by atoms with Crippen molar-refractivity contribution in [3.63, 3.8) is 0 Å². The van der Waals surface area contributed by atoms with Crippen molar-refractivity contribution in [3.8, 4) is 5.75 Å². The summed E-state index contributed by atoms with van der Waals surface area (Å²) in [7, 11) is 1.32. The quantitative estimate of drug-likeness (QED) is 0.847. The monoisotopic (exact) mass is 305 g/mol. The second-order valence-corrected chi connectivity index (χ2v) is 5.01. The number of hydrogen-bond donors (Lipinski definition) is 1. The summed E-state index contributed by atoms with van der Waals surface area (Å²) in [5, 5.41) is 3.19. The molecular weight excluding hydrogens is 292 g/mol. The third-order valence-corrected chi connectivity index (χ3v) is 3.67. The van der Waals surface area contributed by atoms with Crippen molar-refractivity contribution < 1.29 is 13.5 Å². The Morgan fingerprint density at radius 1 is 1.41 bits per heavy atom. The molecule has 5 heteroatoms. The molecule has 2 nitrogen and oxygen atoms in total. The highest BCUT2D eigenvalue weighted by molar-refractivity contribution is 9.10. The van der Waals surface area contributed by atoms with E-state index in [0.717, 1.165) is 19.4 Å². The largest absolute Gasteiger partial charge is 0.492 e. The number of benzene rings is 1. The lowest BCUT2D eigenvalue weighted by Crippen LogP contribution is -2.29. The van der Waals surface area contributed by atoms with Crippen molar-refractivity contribution >= 4 is 15.9 Å². The van der Waals surface area contributed by atoms with Crippen LogP contribution in [0.4, 0.5) is 8.78 Å². The maximum Gasteiger partial charge on any atom is 0.202 e. The van der Waals surface area contributed by atoms with Crippen LogP contribution >= 0.6 is 15.9 Å². The third-order valence-electron chi connectivity index (χ3n) is 3.09. The van der Waals surface area contributed by atoms with Gasteiger partial charge in [0.05, 0.1) is 11.6 Å². The van der Waals surface area contributed by atoms with Gasteiger partial charge < -0.3 is 10.1 Å². The molecule has 0 aromatic heterocycles. The summed E-state index contributed by atoms with van der Waals surface area (Å²) in [4.78, 5) is 0. The minimum Gasteiger partial charge on any atom is -0.492 e. The van der Waals surface area contributed by atoms with Gasteiger partial charge in [-0.25, -0.2) is 4.39 Å². The highest BCUT2D eigenvalue weighted by Gasteiger charge is 2.24. The Kier molecular flexibility index (Phi) is 3.99. The van der Waals surface area contributed by atoms with Crippen LogP contribution in [0.3, 0.4) is 0 Å². The van der Waals surface area contributed by atoms with Gasteiger partial charge in [0.1, 0.15) is 0 Å². The first-order valence-corrected chi connectivity index (χ1v) is 6.36. The summed E-state index contributed by atoms with van der Waals surface area (Å²) < 4.78 is 32.9. The summed E-state index contributed by atoms with van der Waals surface area (Å²) in [6.45, 7) is 1.63. The van der Waals surface area contributed by atoms with E-state index in [1.54, 1.807) is 6.07 Å². The van der Waals surface area contributed by atoms with Crippen LogP contribution in [-0.2, 0) is 0 Å². The van der Waals surface area contributed by atoms with Crippen LogP contribution in [0.1, 0.15) is 24.3 Å². The lowest BCUT2D eigenvalue weighted by atomic mass is 9.91. The first-order valence-electron chi connectivity index (χ1n) is 5.57. The number of halogens is 3. The van der Waals surface area contributed by atoms with Crippen LogP contribution in [-0.4, -0.2) is 20.2 Å². The number of hydrogen-bond acceptors (Lipinski definition) is 2. The number of piperidine rings is 1. The molecule has 17 heavy (non-hydrogen) atoms. The number of methoxy groups -OCH3 is 1. The van der Waals surface area contributed by atoms with E-state index >= 15 is 0 Å². The fourth-order valence-electron chi connectivity index (χ4n) is 2.20. The highest BCUT2D eigenvalue weighted by Crippen LogP contribution is 2.36. The topological polar surface area (TPSA) is 21.3 Å². The van der Waals surface area contributed by atoms with Gasteiger partial charge in [-0.3, -0.25) is 0 Å². The molecule has 0 saturated carbocycles. The average molecular weight is 306 g/mol. The van der Waals surface area contributed by atoms with Gasteiger partial charge in [0.15, 0.2) is 11.6 Å². The lowest BCUT2D eigenvalue weighted by Gasteiger charge is -2.24. The predicted octanol–water partition coefficient (Wildman–Crippen LogP) is 3.20. The molecule has 1 aromatic carbocycles. The fourth-order valence-corrected chi connectivity index (χ4v) is 2.78. The molecular formula is C12H14BrF2NO. The number of rotatable bonds is 2. The van der Waals surface area contributed by atoms with Crippen molar-refractivity contribution in [2.75, 3.05) is 20.2 Å². The lowest BCUT2D eigenvalue weighted by molar-refractivity contribution is 0.362. The smallest absolute Gasteiger partial charge is 0.202 e. The van der Waals surface area contributed by atoms with Gasteiger partial charge in [0.25, 0.3) is 0 Å². The number of nitrogens with one attached hydrogen (secondary N) is 1. The summed E-state index contributed by atoms with van der Waals surface area (Å²) in [5.41, 5.74) is 0.419. The molecule has 0 aliphatic carbocycles. The zero-order valence-electron chi connectivity index (χ0n) is 9.53. The maximum atomic E-state index is 13.9. The molecule has 94 valence electrons. The molecule has 1 saturated heterocycles. The van der Waals surface area contributed by atoms with Crippen LogP contribution in [0.15, 0.2) is 10.5 Å². The second kappa shape index (κ2) is 5.31. The molecule has 1 fully saturated rings. The molecule has 1 aliphatic rings. The van der Waals surface area contributed by atoms with E-state index in [4.69, 9.17) is 4.74 Å². The van der Waals surface area contributed by atoms with Crippen LogP contribution < -0.4 is 10.1 Å². The minimum absolute atomic E-state index is 0.0282. The number of ether oxygens (including phenoxy) is 1. The van der Waals surface area contributed by atoms with Gasteiger partial charge in [-0.05, 0) is 52.9 Å². The summed E-state index contributed by atoms with van der Waals surface area (Å²) >= 11 is 3.21. The third kappa shape index (κ3) is 2.45. The molecule has 0 spiro atoms. The fraction of sp³-hybridized carbons (Fsp3) is 0.500.